The zero-order valence-electron chi connectivity index (χ0n) is 17.4. The van der Waals surface area contributed by atoms with Crippen LogP contribution in [0.25, 0.3) is 5.69 Å². The maximum atomic E-state index is 12.4. The second kappa shape index (κ2) is 9.13. The van der Waals surface area contributed by atoms with Crippen LogP contribution in [-0.2, 0) is 11.2 Å². The van der Waals surface area contributed by atoms with Crippen LogP contribution in [0.15, 0.2) is 48.5 Å². The van der Waals surface area contributed by atoms with Gasteiger partial charge in [0.05, 0.1) is 32.0 Å². The number of nitrogens with one attached hydrogen (secondary N) is 2. The average molecular weight is 408 g/mol. The third-order valence-electron chi connectivity index (χ3n) is 4.74. The predicted molar refractivity (Wildman–Crippen MR) is 112 cm³/mol. The van der Waals surface area contributed by atoms with Crippen molar-refractivity contribution in [2.75, 3.05) is 14.2 Å². The highest BCUT2D eigenvalue weighted by Gasteiger charge is 2.17. The van der Waals surface area contributed by atoms with E-state index in [1.54, 1.807) is 22.9 Å². The fraction of sp³-hybridized carbons (Fsp3) is 0.227. The number of carbonyl (C=O) groups is 2. The number of rotatable bonds is 6. The van der Waals surface area contributed by atoms with Crippen LogP contribution in [0.3, 0.4) is 0 Å². The van der Waals surface area contributed by atoms with Gasteiger partial charge in [-0.3, -0.25) is 20.4 Å². The lowest BCUT2D eigenvalue weighted by atomic mass is 10.1. The molecular weight excluding hydrogens is 384 g/mol. The summed E-state index contributed by atoms with van der Waals surface area (Å²) in [5, 5.41) is 4.54. The van der Waals surface area contributed by atoms with E-state index in [9.17, 15) is 9.59 Å². The first-order valence-corrected chi connectivity index (χ1v) is 9.36. The molecule has 156 valence electrons. The second-order valence-electron chi connectivity index (χ2n) is 6.65. The molecule has 8 nitrogen and oxygen atoms in total. The van der Waals surface area contributed by atoms with Crippen molar-refractivity contribution in [3.8, 4) is 17.2 Å². The van der Waals surface area contributed by atoms with Crippen molar-refractivity contribution >= 4 is 11.8 Å². The minimum Gasteiger partial charge on any atom is -0.493 e. The highest BCUT2D eigenvalue weighted by atomic mass is 16.5. The summed E-state index contributed by atoms with van der Waals surface area (Å²) in [4.78, 5) is 24.8. The highest BCUT2D eigenvalue weighted by Crippen LogP contribution is 2.27. The van der Waals surface area contributed by atoms with E-state index in [1.165, 1.54) is 14.2 Å². The third-order valence-corrected chi connectivity index (χ3v) is 4.74. The second-order valence-corrected chi connectivity index (χ2v) is 6.65. The van der Waals surface area contributed by atoms with E-state index < -0.39 is 5.91 Å². The minimum absolute atomic E-state index is 0.0940. The van der Waals surface area contributed by atoms with E-state index >= 15 is 0 Å². The zero-order chi connectivity index (χ0) is 21.7. The number of hydrogen-bond acceptors (Lipinski definition) is 5. The lowest BCUT2D eigenvalue weighted by molar-refractivity contribution is -0.121. The Bertz CT molecular complexity index is 1060. The Kier molecular flexibility index (Phi) is 6.36. The van der Waals surface area contributed by atoms with Gasteiger partial charge in [0.1, 0.15) is 0 Å². The number of hydrogen-bond donors (Lipinski definition) is 2. The highest BCUT2D eigenvalue weighted by molar-refractivity contribution is 5.96. The number of methoxy groups -OCH3 is 2. The molecule has 0 aliphatic carbocycles. The van der Waals surface area contributed by atoms with Gasteiger partial charge >= 0.3 is 0 Å². The molecule has 3 rings (SSSR count). The normalized spacial score (nSPS) is 10.4. The van der Waals surface area contributed by atoms with Crippen LogP contribution < -0.4 is 20.3 Å². The van der Waals surface area contributed by atoms with Crippen LogP contribution in [0.4, 0.5) is 0 Å². The van der Waals surface area contributed by atoms with E-state index in [0.717, 1.165) is 22.6 Å². The summed E-state index contributed by atoms with van der Waals surface area (Å²) in [6.07, 6.45) is 0.0940. The van der Waals surface area contributed by atoms with Gasteiger partial charge in [0, 0.05) is 16.8 Å². The molecule has 8 heteroatoms. The SMILES string of the molecule is COc1ccc(C(=O)NNC(=O)Cc2c(C)nn(-c3ccccc3)c2C)cc1OC. The van der Waals surface area contributed by atoms with E-state index in [-0.39, 0.29) is 12.3 Å². The van der Waals surface area contributed by atoms with Crippen molar-refractivity contribution in [2.45, 2.75) is 20.3 Å². The van der Waals surface area contributed by atoms with Crippen molar-refractivity contribution in [3.05, 3.63) is 71.0 Å². The minimum atomic E-state index is -0.460. The smallest absolute Gasteiger partial charge is 0.269 e. The first-order chi connectivity index (χ1) is 14.4. The Hall–Kier alpha value is -3.81. The van der Waals surface area contributed by atoms with Gasteiger partial charge in [-0.1, -0.05) is 18.2 Å². The van der Waals surface area contributed by atoms with Crippen LogP contribution in [0.5, 0.6) is 11.5 Å². The monoisotopic (exact) mass is 408 g/mol. The van der Waals surface area contributed by atoms with Gasteiger partial charge in [-0.15, -0.1) is 0 Å². The Morgan fingerprint density at radius 3 is 2.33 bits per heavy atom. The summed E-state index contributed by atoms with van der Waals surface area (Å²) in [6.45, 7) is 3.77. The summed E-state index contributed by atoms with van der Waals surface area (Å²) < 4.78 is 12.2. The molecule has 0 saturated heterocycles. The van der Waals surface area contributed by atoms with E-state index in [0.29, 0.717) is 17.1 Å². The molecule has 2 aromatic carbocycles. The molecule has 2 amide bonds. The molecule has 0 saturated carbocycles. The summed E-state index contributed by atoms with van der Waals surface area (Å²) >= 11 is 0. The van der Waals surface area contributed by atoms with E-state index in [4.69, 9.17) is 9.47 Å². The lowest BCUT2D eigenvalue weighted by Crippen LogP contribution is -2.42. The molecule has 2 N–H and O–H groups in total. The number of benzene rings is 2. The molecule has 1 aromatic heterocycles. The summed E-state index contributed by atoms with van der Waals surface area (Å²) in [7, 11) is 3.00. The van der Waals surface area contributed by atoms with Gasteiger partial charge in [0.2, 0.25) is 5.91 Å². The number of aromatic nitrogens is 2. The number of para-hydroxylation sites is 1. The van der Waals surface area contributed by atoms with E-state index in [1.807, 2.05) is 44.2 Å². The molecule has 3 aromatic rings. The number of nitrogens with zero attached hydrogens (tertiary/aromatic N) is 2. The summed E-state index contributed by atoms with van der Waals surface area (Å²) in [6, 6.07) is 14.5. The van der Waals surface area contributed by atoms with Gasteiger partial charge in [-0.25, -0.2) is 4.68 Å². The van der Waals surface area contributed by atoms with Crippen LogP contribution >= 0.6 is 0 Å². The number of amides is 2. The maximum Gasteiger partial charge on any atom is 0.269 e. The topological polar surface area (TPSA) is 94.5 Å². The van der Waals surface area contributed by atoms with Crippen LogP contribution in [-0.4, -0.2) is 35.8 Å². The Morgan fingerprint density at radius 1 is 0.967 bits per heavy atom. The van der Waals surface area contributed by atoms with Crippen molar-refractivity contribution in [1.82, 2.24) is 20.6 Å². The molecule has 0 bridgehead atoms. The first kappa shape index (κ1) is 20.9. The average Bonchev–Trinajstić information content (AvgIpc) is 3.05. The predicted octanol–water partition coefficient (Wildman–Crippen LogP) is 2.51. The molecule has 0 spiro atoms. The van der Waals surface area contributed by atoms with Gasteiger partial charge in [-0.05, 0) is 44.2 Å². The largest absolute Gasteiger partial charge is 0.493 e. The molecule has 0 fully saturated rings. The summed E-state index contributed by atoms with van der Waals surface area (Å²) in [5.41, 5.74) is 8.58. The molecular formula is C22H24N4O4. The van der Waals surface area contributed by atoms with Crippen molar-refractivity contribution in [3.63, 3.8) is 0 Å². The maximum absolute atomic E-state index is 12.4. The number of aryl methyl sites for hydroxylation is 1. The van der Waals surface area contributed by atoms with Crippen LogP contribution in [0, 0.1) is 13.8 Å². The number of hydrazine groups is 1. The fourth-order valence-electron chi connectivity index (χ4n) is 3.13. The van der Waals surface area contributed by atoms with Gasteiger partial charge < -0.3 is 9.47 Å². The molecule has 1 heterocycles. The van der Waals surface area contributed by atoms with Crippen molar-refractivity contribution in [2.24, 2.45) is 0 Å². The molecule has 0 aliphatic heterocycles. The standard InChI is InChI=1S/C22H24N4O4/c1-14-18(15(2)26(25-14)17-8-6-5-7-9-17)13-21(27)23-24-22(28)16-10-11-19(29-3)20(12-16)30-4/h5-12H,13H2,1-4H3,(H,23,27)(H,24,28). The number of ether oxygens (including phenoxy) is 2. The molecule has 30 heavy (non-hydrogen) atoms. The first-order valence-electron chi connectivity index (χ1n) is 9.36. The quantitative estimate of drug-likeness (QED) is 0.611. The van der Waals surface area contributed by atoms with Gasteiger partial charge in [0.25, 0.3) is 5.91 Å². The molecule has 0 atom stereocenters. The molecule has 0 unspecified atom stereocenters. The van der Waals surface area contributed by atoms with Gasteiger partial charge in [0.15, 0.2) is 11.5 Å². The fourth-order valence-corrected chi connectivity index (χ4v) is 3.13. The van der Waals surface area contributed by atoms with Crippen LogP contribution in [0.2, 0.25) is 0 Å². The Labute approximate surface area is 174 Å². The molecule has 0 radical (unpaired) electrons. The van der Waals surface area contributed by atoms with Crippen molar-refractivity contribution in [1.29, 1.82) is 0 Å². The number of carbonyl (C=O) groups excluding carboxylic acids is 2. The van der Waals surface area contributed by atoms with Crippen molar-refractivity contribution < 1.29 is 19.1 Å². The third kappa shape index (κ3) is 4.43. The Balaban J connectivity index is 1.65. The Morgan fingerprint density at radius 2 is 1.67 bits per heavy atom. The van der Waals surface area contributed by atoms with Crippen LogP contribution in [0.1, 0.15) is 27.3 Å². The zero-order valence-corrected chi connectivity index (χ0v) is 17.4. The lowest BCUT2D eigenvalue weighted by Gasteiger charge is -2.11. The summed E-state index contributed by atoms with van der Waals surface area (Å²) in [5.74, 6) is 0.135. The van der Waals surface area contributed by atoms with Gasteiger partial charge in [-0.2, -0.15) is 5.10 Å². The van der Waals surface area contributed by atoms with E-state index in [2.05, 4.69) is 16.0 Å². The molecule has 0 aliphatic rings.